The second kappa shape index (κ2) is 6.06. The Morgan fingerprint density at radius 2 is 2.19 bits per heavy atom. The van der Waals surface area contributed by atoms with Gasteiger partial charge < -0.3 is 15.3 Å². The van der Waals surface area contributed by atoms with Crippen LogP contribution in [0.5, 0.6) is 0 Å². The molecule has 2 unspecified atom stereocenters. The van der Waals surface area contributed by atoms with Gasteiger partial charge in [0.25, 0.3) is 5.91 Å². The number of aliphatic hydroxyl groups excluding tert-OH is 1. The maximum absolute atomic E-state index is 12.8. The first-order chi connectivity index (χ1) is 12.3. The highest BCUT2D eigenvalue weighted by Crippen LogP contribution is 2.52. The van der Waals surface area contributed by atoms with Crippen molar-refractivity contribution in [1.82, 2.24) is 19.8 Å². The molecule has 6 nitrogen and oxygen atoms in total. The van der Waals surface area contributed by atoms with Gasteiger partial charge in [0.05, 0.1) is 29.4 Å². The number of hydrogen-bond acceptors (Lipinski definition) is 4. The van der Waals surface area contributed by atoms with Crippen LogP contribution in [-0.2, 0) is 0 Å². The van der Waals surface area contributed by atoms with Crippen molar-refractivity contribution in [2.24, 2.45) is 11.3 Å². The lowest BCUT2D eigenvalue weighted by Crippen LogP contribution is -2.64. The van der Waals surface area contributed by atoms with Crippen molar-refractivity contribution in [1.29, 1.82) is 0 Å². The van der Waals surface area contributed by atoms with Gasteiger partial charge in [-0.3, -0.25) is 4.79 Å². The van der Waals surface area contributed by atoms with Crippen LogP contribution in [-0.4, -0.2) is 57.3 Å². The Morgan fingerprint density at radius 1 is 1.42 bits per heavy atom. The highest BCUT2D eigenvalue weighted by Gasteiger charge is 2.58. The van der Waals surface area contributed by atoms with Crippen LogP contribution >= 0.6 is 0 Å². The van der Waals surface area contributed by atoms with E-state index in [-0.39, 0.29) is 17.4 Å². The molecule has 1 spiro atoms. The minimum absolute atomic E-state index is 0.123. The number of hydrogen-bond donors (Lipinski definition) is 2. The molecule has 4 atom stereocenters. The van der Waals surface area contributed by atoms with E-state index in [0.717, 1.165) is 30.5 Å². The minimum atomic E-state index is -0.488. The van der Waals surface area contributed by atoms with E-state index in [9.17, 15) is 9.90 Å². The Hall–Kier alpha value is -1.92. The van der Waals surface area contributed by atoms with Crippen molar-refractivity contribution >= 4 is 11.4 Å². The van der Waals surface area contributed by atoms with E-state index in [4.69, 9.17) is 0 Å². The highest BCUT2D eigenvalue weighted by atomic mass is 16.3. The van der Waals surface area contributed by atoms with Crippen molar-refractivity contribution < 1.29 is 9.90 Å². The normalized spacial score (nSPS) is 31.7. The number of nitrogens with zero attached hydrogens (tertiary/aromatic N) is 3. The summed E-state index contributed by atoms with van der Waals surface area (Å²) in [7, 11) is 2.15. The van der Waals surface area contributed by atoms with Crippen LogP contribution in [0, 0.1) is 18.3 Å². The van der Waals surface area contributed by atoms with Crippen molar-refractivity contribution in [3.8, 4) is 0 Å². The van der Waals surface area contributed by atoms with Gasteiger partial charge in [-0.25, -0.2) is 4.52 Å². The molecule has 1 amide bonds. The molecule has 2 N–H and O–H groups in total. The van der Waals surface area contributed by atoms with Crippen LogP contribution in [0.1, 0.15) is 42.6 Å². The van der Waals surface area contributed by atoms with Crippen LogP contribution in [0.25, 0.3) is 5.52 Å². The monoisotopic (exact) mass is 356 g/mol. The number of carbonyl (C=O) groups is 1. The molecular weight excluding hydrogens is 328 g/mol. The summed E-state index contributed by atoms with van der Waals surface area (Å²) in [6.45, 7) is 7.47. The molecule has 1 saturated carbocycles. The third-order valence-electron chi connectivity index (χ3n) is 6.24. The van der Waals surface area contributed by atoms with Gasteiger partial charge in [-0.05, 0) is 50.4 Å². The van der Waals surface area contributed by atoms with Gasteiger partial charge >= 0.3 is 0 Å². The fourth-order valence-corrected chi connectivity index (χ4v) is 5.50. The van der Waals surface area contributed by atoms with Crippen LogP contribution in [0.4, 0.5) is 0 Å². The zero-order valence-corrected chi connectivity index (χ0v) is 15.9. The zero-order valence-electron chi connectivity index (χ0n) is 15.9. The summed E-state index contributed by atoms with van der Waals surface area (Å²) in [5.41, 5.74) is 2.57. The Bertz CT molecular complexity index is 841. The van der Waals surface area contributed by atoms with Crippen LogP contribution in [0.3, 0.4) is 0 Å². The number of aliphatic hydroxyl groups is 1. The van der Waals surface area contributed by atoms with Crippen molar-refractivity contribution in [2.45, 2.75) is 51.8 Å². The van der Waals surface area contributed by atoms with Crippen LogP contribution < -0.4 is 5.32 Å². The lowest BCUT2D eigenvalue weighted by Gasteiger charge is -2.57. The predicted octanol–water partition coefficient (Wildman–Crippen LogP) is 1.85. The van der Waals surface area contributed by atoms with Gasteiger partial charge in [0.15, 0.2) is 0 Å². The number of pyridine rings is 1. The molecule has 140 valence electrons. The first-order valence-electron chi connectivity index (χ1n) is 9.44. The number of carbonyl (C=O) groups excluding carboxylic acids is 1. The largest absolute Gasteiger partial charge is 0.391 e. The van der Waals surface area contributed by atoms with E-state index in [0.29, 0.717) is 17.5 Å². The smallest absolute Gasteiger partial charge is 0.255 e. The summed E-state index contributed by atoms with van der Waals surface area (Å²) in [6, 6.07) is 4.20. The lowest BCUT2D eigenvalue weighted by molar-refractivity contribution is -0.0827. The quantitative estimate of drug-likeness (QED) is 0.881. The summed E-state index contributed by atoms with van der Waals surface area (Å²) in [6.07, 6.45) is 4.58. The SMILES string of the molecule is Cc1ccn2ncc(C(=O)N[C@@H]3CC4(C[C@H]3O)CN(C)C4C(C)C)c2c1. The van der Waals surface area contributed by atoms with E-state index < -0.39 is 6.10 Å². The molecule has 0 bridgehead atoms. The maximum Gasteiger partial charge on any atom is 0.255 e. The Balaban J connectivity index is 1.52. The molecule has 2 fully saturated rings. The van der Waals surface area contributed by atoms with Gasteiger partial charge in [-0.1, -0.05) is 13.8 Å². The number of likely N-dealkylation sites (tertiary alicyclic amines) is 1. The number of aromatic nitrogens is 2. The zero-order chi connectivity index (χ0) is 18.6. The van der Waals surface area contributed by atoms with Crippen LogP contribution in [0.15, 0.2) is 24.5 Å². The fraction of sp³-hybridized carbons (Fsp3) is 0.600. The molecule has 1 aliphatic carbocycles. The average molecular weight is 356 g/mol. The van der Waals surface area contributed by atoms with Crippen molar-refractivity contribution in [3.05, 3.63) is 35.7 Å². The summed E-state index contributed by atoms with van der Waals surface area (Å²) in [5, 5.41) is 18.0. The highest BCUT2D eigenvalue weighted by molar-refractivity contribution is 6.00. The number of nitrogens with one attached hydrogen (secondary N) is 1. The lowest BCUT2D eigenvalue weighted by atomic mass is 9.66. The molecule has 3 heterocycles. The van der Waals surface area contributed by atoms with Gasteiger partial charge in [-0.15, -0.1) is 0 Å². The fourth-order valence-electron chi connectivity index (χ4n) is 5.50. The maximum atomic E-state index is 12.8. The number of rotatable bonds is 3. The molecule has 1 aliphatic heterocycles. The van der Waals surface area contributed by atoms with Crippen molar-refractivity contribution in [3.63, 3.8) is 0 Å². The van der Waals surface area contributed by atoms with E-state index >= 15 is 0 Å². The molecule has 2 aromatic heterocycles. The predicted molar refractivity (Wildman–Crippen MR) is 100 cm³/mol. The third-order valence-corrected chi connectivity index (χ3v) is 6.24. The van der Waals surface area contributed by atoms with E-state index in [2.05, 4.69) is 36.2 Å². The molecule has 0 radical (unpaired) electrons. The molecule has 26 heavy (non-hydrogen) atoms. The first-order valence-corrected chi connectivity index (χ1v) is 9.44. The van der Waals surface area contributed by atoms with Gasteiger partial charge in [0.2, 0.25) is 0 Å². The molecule has 1 saturated heterocycles. The molecule has 2 aliphatic rings. The van der Waals surface area contributed by atoms with E-state index in [1.807, 2.05) is 25.3 Å². The Morgan fingerprint density at radius 3 is 2.88 bits per heavy atom. The van der Waals surface area contributed by atoms with Crippen molar-refractivity contribution in [2.75, 3.05) is 13.6 Å². The van der Waals surface area contributed by atoms with Crippen LogP contribution in [0.2, 0.25) is 0 Å². The standard InChI is InChI=1S/C20H28N4O2/c1-12(2)18-20(11-23(18)4)8-15(17(25)9-20)22-19(26)14-10-21-24-6-5-13(3)7-16(14)24/h5-7,10,12,15,17-18,25H,8-9,11H2,1-4H3,(H,22,26)/t15-,17-,18?,20?/m1/s1. The Labute approximate surface area is 154 Å². The second-order valence-electron chi connectivity index (χ2n) is 8.61. The average Bonchev–Trinajstić information content (AvgIpc) is 3.08. The van der Waals surface area contributed by atoms with Gasteiger partial charge in [-0.2, -0.15) is 5.10 Å². The summed E-state index contributed by atoms with van der Waals surface area (Å²) in [4.78, 5) is 15.2. The summed E-state index contributed by atoms with van der Waals surface area (Å²) >= 11 is 0. The number of aryl methyl sites for hydroxylation is 1. The topological polar surface area (TPSA) is 69.9 Å². The third kappa shape index (κ3) is 2.63. The van der Waals surface area contributed by atoms with Gasteiger partial charge in [0, 0.05) is 24.2 Å². The molecular formula is C20H28N4O2. The Kier molecular flexibility index (Phi) is 4.08. The molecule has 4 rings (SSSR count). The number of fused-ring (bicyclic) bond motifs is 1. The molecule has 0 aromatic carbocycles. The summed E-state index contributed by atoms with van der Waals surface area (Å²) < 4.78 is 1.71. The minimum Gasteiger partial charge on any atom is -0.391 e. The van der Waals surface area contributed by atoms with E-state index in [1.54, 1.807) is 10.7 Å². The second-order valence-corrected chi connectivity index (χ2v) is 8.61. The first kappa shape index (κ1) is 17.5. The molecule has 6 heteroatoms. The van der Waals surface area contributed by atoms with E-state index in [1.165, 1.54) is 0 Å². The number of amides is 1. The summed E-state index contributed by atoms with van der Waals surface area (Å²) in [5.74, 6) is 0.387. The van der Waals surface area contributed by atoms with Gasteiger partial charge in [0.1, 0.15) is 0 Å². The molecule has 2 aromatic rings.